The predicted molar refractivity (Wildman–Crippen MR) is 77.3 cm³/mol. The summed E-state index contributed by atoms with van der Waals surface area (Å²) in [6.45, 7) is 8.24. The third kappa shape index (κ3) is 6.88. The first-order valence-electron chi connectivity index (χ1n) is 7.62. The van der Waals surface area contributed by atoms with Gasteiger partial charge in [-0.3, -0.25) is 0 Å². The lowest BCUT2D eigenvalue weighted by atomic mass is 9.88. The lowest BCUT2D eigenvalue weighted by molar-refractivity contribution is 0.222. The molecule has 1 aliphatic heterocycles. The number of epoxide rings is 1. The molecule has 0 radical (unpaired) electrons. The molecule has 2 fully saturated rings. The number of hydrogen-bond donors (Lipinski definition) is 0. The normalized spacial score (nSPS) is 29.2. The van der Waals surface area contributed by atoms with Crippen LogP contribution in [-0.2, 0) is 13.6 Å². The van der Waals surface area contributed by atoms with Crippen molar-refractivity contribution < 1.29 is 13.6 Å². The van der Waals surface area contributed by atoms with E-state index in [0.717, 1.165) is 32.0 Å². The first-order chi connectivity index (χ1) is 8.81. The lowest BCUT2D eigenvalue weighted by Gasteiger charge is -2.15. The fourth-order valence-electron chi connectivity index (χ4n) is 2.32. The zero-order chi connectivity index (χ0) is 13.2. The summed E-state index contributed by atoms with van der Waals surface area (Å²) in [5.74, 6) is 0.980. The Hall–Kier alpha value is 0.0969. The highest BCUT2D eigenvalue weighted by molar-refractivity contribution is 6.17. The van der Waals surface area contributed by atoms with Crippen molar-refractivity contribution >= 4 is 10.0 Å². The summed E-state index contributed by atoms with van der Waals surface area (Å²) in [4.78, 5) is 0. The van der Waals surface area contributed by atoms with Crippen LogP contribution >= 0.6 is 0 Å². The summed E-state index contributed by atoms with van der Waals surface area (Å²) in [6.07, 6.45) is 9.02. The van der Waals surface area contributed by atoms with Crippen LogP contribution in [0.5, 0.6) is 0 Å². The van der Waals surface area contributed by atoms with Crippen molar-refractivity contribution in [2.45, 2.75) is 71.5 Å². The predicted octanol–water partition coefficient (Wildman–Crippen LogP) is 2.80. The second kappa shape index (κ2) is 9.95. The maximum atomic E-state index is 5.41. The van der Waals surface area contributed by atoms with E-state index in [1.54, 1.807) is 0 Å². The van der Waals surface area contributed by atoms with Crippen molar-refractivity contribution in [3.8, 4) is 0 Å². The van der Waals surface area contributed by atoms with Crippen molar-refractivity contribution in [1.29, 1.82) is 0 Å². The van der Waals surface area contributed by atoms with Crippen molar-refractivity contribution in [2.24, 2.45) is 5.92 Å². The molecular formula is C14H30O3Si. The van der Waals surface area contributed by atoms with Gasteiger partial charge in [-0.05, 0) is 38.0 Å². The molecule has 3 atom stereocenters. The minimum atomic E-state index is -0.611. The summed E-state index contributed by atoms with van der Waals surface area (Å²) in [5, 5.41) is 0. The van der Waals surface area contributed by atoms with E-state index in [-0.39, 0.29) is 0 Å². The molecule has 1 aliphatic carbocycles. The van der Waals surface area contributed by atoms with Crippen LogP contribution in [0.1, 0.15) is 59.3 Å². The molecule has 2 aliphatic rings. The minimum Gasteiger partial charge on any atom is -0.399 e. The smallest absolute Gasteiger partial charge is 0.304 e. The molecule has 0 spiro atoms. The largest absolute Gasteiger partial charge is 0.399 e. The van der Waals surface area contributed by atoms with Crippen LogP contribution in [0.25, 0.3) is 0 Å². The highest BCUT2D eigenvalue weighted by Gasteiger charge is 2.43. The fourth-order valence-corrected chi connectivity index (χ4v) is 3.25. The van der Waals surface area contributed by atoms with Gasteiger partial charge in [0.2, 0.25) is 0 Å². The molecule has 1 saturated heterocycles. The maximum Gasteiger partial charge on any atom is 0.304 e. The Bertz CT molecular complexity index is 195. The third-order valence-electron chi connectivity index (χ3n) is 3.55. The molecule has 0 N–H and O–H groups in total. The van der Waals surface area contributed by atoms with Gasteiger partial charge in [-0.1, -0.05) is 27.2 Å². The fraction of sp³-hybridized carbons (Fsp3) is 1.00. The molecule has 108 valence electrons. The summed E-state index contributed by atoms with van der Waals surface area (Å²) in [7, 11) is -0.611. The van der Waals surface area contributed by atoms with Gasteiger partial charge >= 0.3 is 10.0 Å². The molecule has 0 aromatic heterocycles. The van der Waals surface area contributed by atoms with Crippen LogP contribution in [0, 0.1) is 5.92 Å². The number of fused-ring (bicyclic) bond motifs is 1. The molecule has 2 rings (SSSR count). The van der Waals surface area contributed by atoms with E-state index in [4.69, 9.17) is 13.6 Å². The molecule has 3 nitrogen and oxygen atoms in total. The Morgan fingerprint density at radius 2 is 1.67 bits per heavy atom. The highest BCUT2D eigenvalue weighted by atomic mass is 28.3. The van der Waals surface area contributed by atoms with Crippen molar-refractivity contribution in [1.82, 2.24) is 0 Å². The van der Waals surface area contributed by atoms with Crippen molar-refractivity contribution in [2.75, 3.05) is 13.2 Å². The van der Waals surface area contributed by atoms with Gasteiger partial charge in [0.25, 0.3) is 0 Å². The van der Waals surface area contributed by atoms with Crippen molar-refractivity contribution in [3.05, 3.63) is 0 Å². The Kier molecular flexibility index (Phi) is 8.93. The molecule has 0 aromatic rings. The molecule has 0 aromatic carbocycles. The van der Waals surface area contributed by atoms with Crippen LogP contribution in [0.3, 0.4) is 0 Å². The maximum absolute atomic E-state index is 5.41. The second-order valence-corrected chi connectivity index (χ2v) is 6.29. The average molecular weight is 274 g/mol. The molecular weight excluding hydrogens is 244 g/mol. The molecule has 3 unspecified atom stereocenters. The average Bonchev–Trinajstić information content (AvgIpc) is 3.17. The van der Waals surface area contributed by atoms with Crippen LogP contribution in [0.2, 0.25) is 0 Å². The van der Waals surface area contributed by atoms with Crippen LogP contribution < -0.4 is 0 Å². The number of hydrogen-bond acceptors (Lipinski definition) is 3. The van der Waals surface area contributed by atoms with Gasteiger partial charge < -0.3 is 13.6 Å². The van der Waals surface area contributed by atoms with Gasteiger partial charge in [-0.15, -0.1) is 0 Å². The van der Waals surface area contributed by atoms with Gasteiger partial charge in [0.05, 0.1) is 12.2 Å². The Balaban J connectivity index is 0.000000180. The van der Waals surface area contributed by atoms with Gasteiger partial charge in [-0.2, -0.15) is 0 Å². The van der Waals surface area contributed by atoms with Crippen LogP contribution in [0.15, 0.2) is 0 Å². The monoisotopic (exact) mass is 274 g/mol. The standard InChI is InChI=1S/C8H14O.C6H16O2Si/c1-2-6-3-4-7-8(5-6)9-7;1-3-5-7-9-8-6-4-2/h6-8H,2-5H2,1H3;3-6,9H2,1-2H3. The van der Waals surface area contributed by atoms with E-state index in [0.29, 0.717) is 12.2 Å². The van der Waals surface area contributed by atoms with E-state index in [1.807, 2.05) is 0 Å². The second-order valence-electron chi connectivity index (χ2n) is 5.23. The van der Waals surface area contributed by atoms with Gasteiger partial charge in [0.15, 0.2) is 0 Å². The highest BCUT2D eigenvalue weighted by Crippen LogP contribution is 2.40. The first kappa shape index (κ1) is 16.2. The lowest BCUT2D eigenvalue weighted by Crippen LogP contribution is -2.11. The van der Waals surface area contributed by atoms with E-state index in [9.17, 15) is 0 Å². The molecule has 4 heteroatoms. The summed E-state index contributed by atoms with van der Waals surface area (Å²) < 4.78 is 15.8. The van der Waals surface area contributed by atoms with E-state index in [1.165, 1.54) is 25.7 Å². The van der Waals surface area contributed by atoms with Crippen LogP contribution in [-0.4, -0.2) is 35.4 Å². The number of rotatable bonds is 7. The number of ether oxygens (including phenoxy) is 1. The van der Waals surface area contributed by atoms with E-state index >= 15 is 0 Å². The SMILES string of the molecule is CCC1CCC2OC2C1.CCCO[SiH2]OCCC. The molecule has 0 amide bonds. The molecule has 1 saturated carbocycles. The zero-order valence-corrected chi connectivity index (χ0v) is 13.7. The summed E-state index contributed by atoms with van der Waals surface area (Å²) in [5.41, 5.74) is 0. The van der Waals surface area contributed by atoms with Gasteiger partial charge in [0, 0.05) is 13.2 Å². The molecule has 1 heterocycles. The van der Waals surface area contributed by atoms with Gasteiger partial charge in [-0.25, -0.2) is 0 Å². The summed E-state index contributed by atoms with van der Waals surface area (Å²) >= 11 is 0. The minimum absolute atomic E-state index is 0.611. The Morgan fingerprint density at radius 1 is 1.00 bits per heavy atom. The van der Waals surface area contributed by atoms with Gasteiger partial charge in [0.1, 0.15) is 0 Å². The molecule has 0 bridgehead atoms. The third-order valence-corrected chi connectivity index (χ3v) is 4.46. The van der Waals surface area contributed by atoms with E-state index in [2.05, 4.69) is 20.8 Å². The van der Waals surface area contributed by atoms with Crippen molar-refractivity contribution in [3.63, 3.8) is 0 Å². The molecule has 18 heavy (non-hydrogen) atoms. The Labute approximate surface area is 115 Å². The topological polar surface area (TPSA) is 31.0 Å². The quantitative estimate of drug-likeness (QED) is 0.406. The first-order valence-corrected chi connectivity index (χ1v) is 8.78. The van der Waals surface area contributed by atoms with E-state index < -0.39 is 10.0 Å². The zero-order valence-electron chi connectivity index (χ0n) is 12.3. The van der Waals surface area contributed by atoms with Crippen LogP contribution in [0.4, 0.5) is 0 Å². The summed E-state index contributed by atoms with van der Waals surface area (Å²) in [6, 6.07) is 0. The Morgan fingerprint density at radius 3 is 2.17 bits per heavy atom.